The van der Waals surface area contributed by atoms with E-state index in [1.54, 1.807) is 7.11 Å². The van der Waals surface area contributed by atoms with Crippen molar-refractivity contribution in [2.75, 3.05) is 33.3 Å². The molecule has 1 heterocycles. The number of rotatable bonds is 3. The topological polar surface area (TPSA) is 48.3 Å². The molecule has 0 spiro atoms. The summed E-state index contributed by atoms with van der Waals surface area (Å²) in [6.07, 6.45) is 0. The molecule has 0 bridgehead atoms. The molecule has 0 amide bonds. The van der Waals surface area contributed by atoms with E-state index in [-0.39, 0.29) is 6.04 Å². The first-order valence-electron chi connectivity index (χ1n) is 5.84. The van der Waals surface area contributed by atoms with Crippen LogP contribution in [0.1, 0.15) is 11.6 Å². The minimum absolute atomic E-state index is 0.215. The molecule has 1 unspecified atom stereocenters. The molecule has 0 saturated carbocycles. The Balaban J connectivity index is 2.25. The third-order valence-electron chi connectivity index (χ3n) is 3.07. The van der Waals surface area contributed by atoms with E-state index in [2.05, 4.69) is 16.3 Å². The maximum atomic E-state index is 9.38. The van der Waals surface area contributed by atoms with Gasteiger partial charge in [0.2, 0.25) is 0 Å². The summed E-state index contributed by atoms with van der Waals surface area (Å²) in [4.78, 5) is 2.19. The van der Waals surface area contributed by atoms with Gasteiger partial charge in [-0.15, -0.1) is 0 Å². The van der Waals surface area contributed by atoms with Gasteiger partial charge in [0.25, 0.3) is 0 Å². The largest absolute Gasteiger partial charge is 0.496 e. The Kier molecular flexibility index (Phi) is 3.97. The fraction of sp³-hybridized carbons (Fsp3) is 0.462. The highest BCUT2D eigenvalue weighted by Crippen LogP contribution is 2.28. The summed E-state index contributed by atoms with van der Waals surface area (Å²) >= 11 is 0. The van der Waals surface area contributed by atoms with Gasteiger partial charge in [-0.2, -0.15) is 5.26 Å². The van der Waals surface area contributed by atoms with Gasteiger partial charge >= 0.3 is 0 Å². The van der Waals surface area contributed by atoms with Crippen molar-refractivity contribution in [2.24, 2.45) is 0 Å². The number of nitriles is 1. The van der Waals surface area contributed by atoms with Crippen molar-refractivity contribution in [1.29, 1.82) is 5.26 Å². The van der Waals surface area contributed by atoms with Crippen LogP contribution in [-0.2, 0) is 0 Å². The highest BCUT2D eigenvalue weighted by atomic mass is 16.5. The number of benzene rings is 1. The van der Waals surface area contributed by atoms with E-state index >= 15 is 0 Å². The molecule has 1 aromatic rings. The number of para-hydroxylation sites is 1. The van der Waals surface area contributed by atoms with Crippen molar-refractivity contribution >= 4 is 0 Å². The molecule has 1 aliphatic rings. The second-order valence-electron chi connectivity index (χ2n) is 4.06. The molecule has 0 radical (unpaired) electrons. The number of hydrogen-bond donors (Lipinski definition) is 1. The van der Waals surface area contributed by atoms with Gasteiger partial charge in [-0.1, -0.05) is 18.2 Å². The molecule has 1 aromatic carbocycles. The number of methoxy groups -OCH3 is 1. The average molecular weight is 231 g/mol. The van der Waals surface area contributed by atoms with Gasteiger partial charge in [0.05, 0.1) is 13.2 Å². The second kappa shape index (κ2) is 5.67. The Hall–Kier alpha value is -1.57. The van der Waals surface area contributed by atoms with Crippen LogP contribution < -0.4 is 10.1 Å². The Bertz CT molecular complexity index is 407. The van der Waals surface area contributed by atoms with Crippen LogP contribution in [0.5, 0.6) is 5.75 Å². The number of ether oxygens (including phenoxy) is 1. The molecule has 0 aromatic heterocycles. The lowest BCUT2D eigenvalue weighted by atomic mass is 10.0. The zero-order valence-electron chi connectivity index (χ0n) is 10.0. The van der Waals surface area contributed by atoms with Crippen LogP contribution in [0, 0.1) is 11.3 Å². The standard InChI is InChI=1S/C13H17N3O/c1-17-13-5-3-2-4-11(13)12(10-14)16-8-6-15-7-9-16/h2-5,12,15H,6-9H2,1H3. The smallest absolute Gasteiger partial charge is 0.127 e. The van der Waals surface area contributed by atoms with E-state index in [1.165, 1.54) is 0 Å². The van der Waals surface area contributed by atoms with Crippen LogP contribution in [0.2, 0.25) is 0 Å². The average Bonchev–Trinajstić information content (AvgIpc) is 2.41. The number of hydrogen-bond acceptors (Lipinski definition) is 4. The molecule has 1 N–H and O–H groups in total. The lowest BCUT2D eigenvalue weighted by Gasteiger charge is -2.31. The van der Waals surface area contributed by atoms with E-state index in [0.717, 1.165) is 37.5 Å². The molecule has 0 aliphatic carbocycles. The molecule has 1 fully saturated rings. The Morgan fingerprint density at radius 2 is 2.06 bits per heavy atom. The minimum Gasteiger partial charge on any atom is -0.496 e. The van der Waals surface area contributed by atoms with Crippen molar-refractivity contribution in [3.8, 4) is 11.8 Å². The van der Waals surface area contributed by atoms with Crippen LogP contribution in [-0.4, -0.2) is 38.2 Å². The van der Waals surface area contributed by atoms with Gasteiger partial charge in [0, 0.05) is 31.7 Å². The molecule has 2 rings (SSSR count). The van der Waals surface area contributed by atoms with Gasteiger partial charge in [0.15, 0.2) is 0 Å². The van der Waals surface area contributed by atoms with E-state index in [0.29, 0.717) is 0 Å². The highest BCUT2D eigenvalue weighted by Gasteiger charge is 2.24. The molecule has 90 valence electrons. The normalized spacial score (nSPS) is 18.4. The van der Waals surface area contributed by atoms with Crippen LogP contribution in [0.15, 0.2) is 24.3 Å². The molecule has 1 saturated heterocycles. The van der Waals surface area contributed by atoms with E-state index < -0.39 is 0 Å². The number of nitrogens with one attached hydrogen (secondary N) is 1. The van der Waals surface area contributed by atoms with Crippen molar-refractivity contribution in [3.05, 3.63) is 29.8 Å². The van der Waals surface area contributed by atoms with Gasteiger partial charge in [0.1, 0.15) is 11.8 Å². The zero-order chi connectivity index (χ0) is 12.1. The first kappa shape index (κ1) is 11.9. The monoisotopic (exact) mass is 231 g/mol. The predicted molar refractivity (Wildman–Crippen MR) is 65.8 cm³/mol. The summed E-state index contributed by atoms with van der Waals surface area (Å²) < 4.78 is 5.33. The third kappa shape index (κ3) is 2.57. The second-order valence-corrected chi connectivity index (χ2v) is 4.06. The number of nitrogens with zero attached hydrogens (tertiary/aromatic N) is 2. The van der Waals surface area contributed by atoms with Crippen molar-refractivity contribution in [1.82, 2.24) is 10.2 Å². The highest BCUT2D eigenvalue weighted by molar-refractivity contribution is 5.38. The summed E-state index contributed by atoms with van der Waals surface area (Å²) in [7, 11) is 1.64. The molecular weight excluding hydrogens is 214 g/mol. The number of piperazine rings is 1. The van der Waals surface area contributed by atoms with Crippen LogP contribution in [0.25, 0.3) is 0 Å². The Labute approximate surface area is 102 Å². The third-order valence-corrected chi connectivity index (χ3v) is 3.07. The summed E-state index contributed by atoms with van der Waals surface area (Å²) in [5, 5.41) is 12.7. The predicted octanol–water partition coefficient (Wildman–Crippen LogP) is 1.17. The summed E-state index contributed by atoms with van der Waals surface area (Å²) in [5.74, 6) is 0.789. The van der Waals surface area contributed by atoms with Crippen molar-refractivity contribution < 1.29 is 4.74 Å². The van der Waals surface area contributed by atoms with Gasteiger partial charge in [-0.3, -0.25) is 4.90 Å². The quantitative estimate of drug-likeness (QED) is 0.848. The Morgan fingerprint density at radius 1 is 1.35 bits per heavy atom. The van der Waals surface area contributed by atoms with E-state index in [1.807, 2.05) is 24.3 Å². The van der Waals surface area contributed by atoms with Gasteiger partial charge < -0.3 is 10.1 Å². The maximum absolute atomic E-state index is 9.38. The van der Waals surface area contributed by atoms with Crippen LogP contribution in [0.4, 0.5) is 0 Å². The van der Waals surface area contributed by atoms with Crippen molar-refractivity contribution in [3.63, 3.8) is 0 Å². The molecule has 4 nitrogen and oxygen atoms in total. The summed E-state index contributed by atoms with van der Waals surface area (Å²) in [6.45, 7) is 3.67. The van der Waals surface area contributed by atoms with Gasteiger partial charge in [-0.25, -0.2) is 0 Å². The first-order chi connectivity index (χ1) is 8.36. The molecule has 17 heavy (non-hydrogen) atoms. The Morgan fingerprint density at radius 3 is 2.71 bits per heavy atom. The van der Waals surface area contributed by atoms with Crippen LogP contribution in [0.3, 0.4) is 0 Å². The molecule has 1 atom stereocenters. The maximum Gasteiger partial charge on any atom is 0.127 e. The lowest BCUT2D eigenvalue weighted by Crippen LogP contribution is -2.44. The van der Waals surface area contributed by atoms with Crippen molar-refractivity contribution in [2.45, 2.75) is 6.04 Å². The SMILES string of the molecule is COc1ccccc1C(C#N)N1CCNCC1. The fourth-order valence-corrected chi connectivity index (χ4v) is 2.18. The lowest BCUT2D eigenvalue weighted by molar-refractivity contribution is 0.204. The summed E-state index contributed by atoms with van der Waals surface area (Å²) in [5.41, 5.74) is 0.958. The van der Waals surface area contributed by atoms with Gasteiger partial charge in [-0.05, 0) is 6.07 Å². The molecule has 1 aliphatic heterocycles. The molecule has 4 heteroatoms. The fourth-order valence-electron chi connectivity index (χ4n) is 2.18. The first-order valence-corrected chi connectivity index (χ1v) is 5.84. The molecular formula is C13H17N3O. The van der Waals surface area contributed by atoms with E-state index in [9.17, 15) is 5.26 Å². The summed E-state index contributed by atoms with van der Waals surface area (Å²) in [6, 6.07) is 9.91. The minimum atomic E-state index is -0.215. The van der Waals surface area contributed by atoms with Crippen LogP contribution >= 0.6 is 0 Å². The van der Waals surface area contributed by atoms with E-state index in [4.69, 9.17) is 4.74 Å². The zero-order valence-corrected chi connectivity index (χ0v) is 10.0.